The number of nitrogens with two attached hydrogens (primary N) is 1. The van der Waals surface area contributed by atoms with Crippen LogP contribution in [0, 0.1) is 0 Å². The number of halogens is 1. The molecular formula is C16H25BrN2O. The Morgan fingerprint density at radius 2 is 2.20 bits per heavy atom. The maximum absolute atomic E-state index is 6.28. The Kier molecular flexibility index (Phi) is 5.24. The fraction of sp³-hybridized carbons (Fsp3) is 0.625. The molecule has 112 valence electrons. The van der Waals surface area contributed by atoms with Crippen LogP contribution in [-0.4, -0.2) is 36.7 Å². The van der Waals surface area contributed by atoms with Crippen molar-refractivity contribution in [1.82, 2.24) is 4.90 Å². The van der Waals surface area contributed by atoms with Crippen LogP contribution in [0.15, 0.2) is 28.7 Å². The number of piperidine rings is 1. The van der Waals surface area contributed by atoms with E-state index in [0.717, 1.165) is 30.4 Å². The molecule has 3 unspecified atom stereocenters. The van der Waals surface area contributed by atoms with Gasteiger partial charge in [0.1, 0.15) is 0 Å². The molecule has 1 fully saturated rings. The summed E-state index contributed by atoms with van der Waals surface area (Å²) < 4.78 is 6.81. The van der Waals surface area contributed by atoms with Gasteiger partial charge in [0.25, 0.3) is 0 Å². The van der Waals surface area contributed by atoms with Gasteiger partial charge in [0.15, 0.2) is 0 Å². The number of hydrogen-bond acceptors (Lipinski definition) is 3. The lowest BCUT2D eigenvalue weighted by Crippen LogP contribution is -2.51. The molecule has 0 saturated carbocycles. The van der Waals surface area contributed by atoms with Crippen LogP contribution >= 0.6 is 15.9 Å². The number of ether oxygens (including phenoxy) is 1. The van der Waals surface area contributed by atoms with Crippen LogP contribution in [0.3, 0.4) is 0 Å². The van der Waals surface area contributed by atoms with Crippen LogP contribution in [0.4, 0.5) is 0 Å². The third-order valence-corrected chi connectivity index (χ3v) is 4.76. The number of nitrogens with zero attached hydrogens (tertiary/aromatic N) is 1. The second-order valence-corrected chi connectivity index (χ2v) is 7.00. The van der Waals surface area contributed by atoms with Crippen LogP contribution < -0.4 is 5.73 Å². The van der Waals surface area contributed by atoms with Crippen LogP contribution in [0.5, 0.6) is 0 Å². The van der Waals surface area contributed by atoms with Crippen molar-refractivity contribution in [2.24, 2.45) is 5.73 Å². The van der Waals surface area contributed by atoms with E-state index in [0.29, 0.717) is 0 Å². The van der Waals surface area contributed by atoms with Crippen molar-refractivity contribution in [2.75, 3.05) is 20.2 Å². The molecule has 0 spiro atoms. The van der Waals surface area contributed by atoms with Crippen LogP contribution in [0.2, 0.25) is 0 Å². The fourth-order valence-corrected chi connectivity index (χ4v) is 3.60. The van der Waals surface area contributed by atoms with E-state index >= 15 is 0 Å². The van der Waals surface area contributed by atoms with Gasteiger partial charge < -0.3 is 10.5 Å². The summed E-state index contributed by atoms with van der Waals surface area (Å²) in [6, 6.07) is 8.79. The maximum atomic E-state index is 6.28. The first kappa shape index (κ1) is 16.0. The van der Waals surface area contributed by atoms with Gasteiger partial charge in [-0.1, -0.05) is 28.1 Å². The van der Waals surface area contributed by atoms with E-state index in [-0.39, 0.29) is 17.7 Å². The Labute approximate surface area is 130 Å². The second-order valence-electron chi connectivity index (χ2n) is 6.09. The van der Waals surface area contributed by atoms with E-state index in [2.05, 4.69) is 58.9 Å². The van der Waals surface area contributed by atoms with E-state index in [1.807, 2.05) is 7.11 Å². The summed E-state index contributed by atoms with van der Waals surface area (Å²) in [5.74, 6) is 0. The molecule has 4 heteroatoms. The van der Waals surface area contributed by atoms with Crippen LogP contribution in [-0.2, 0) is 4.74 Å². The molecule has 20 heavy (non-hydrogen) atoms. The minimum atomic E-state index is -0.0581. The van der Waals surface area contributed by atoms with E-state index < -0.39 is 0 Å². The molecule has 0 amide bonds. The average Bonchev–Trinajstić information content (AvgIpc) is 2.39. The molecule has 0 aliphatic carbocycles. The van der Waals surface area contributed by atoms with Crippen molar-refractivity contribution in [3.05, 3.63) is 34.3 Å². The predicted octanol–water partition coefficient (Wildman–Crippen LogP) is 3.34. The lowest BCUT2D eigenvalue weighted by molar-refractivity contribution is -0.0637. The van der Waals surface area contributed by atoms with Gasteiger partial charge in [0.2, 0.25) is 0 Å². The fourth-order valence-electron chi connectivity index (χ4n) is 3.19. The molecule has 1 aromatic carbocycles. The van der Waals surface area contributed by atoms with E-state index in [9.17, 15) is 0 Å². The second kappa shape index (κ2) is 6.56. The third kappa shape index (κ3) is 3.61. The van der Waals surface area contributed by atoms with E-state index in [1.165, 1.54) is 5.56 Å². The number of methoxy groups -OCH3 is 1. The SMILES string of the molecule is COC1(C)CCCN(C(c2cccc(Br)c2)C(C)N)C1. The molecule has 0 aromatic heterocycles. The zero-order valence-electron chi connectivity index (χ0n) is 12.6. The van der Waals surface area contributed by atoms with Gasteiger partial charge in [-0.25, -0.2) is 0 Å². The number of rotatable bonds is 4. The molecule has 3 atom stereocenters. The van der Waals surface area contributed by atoms with Crippen molar-refractivity contribution in [3.8, 4) is 0 Å². The molecule has 1 aromatic rings. The summed E-state index contributed by atoms with van der Waals surface area (Å²) in [5, 5.41) is 0. The smallest absolute Gasteiger partial charge is 0.0777 e. The first-order chi connectivity index (χ1) is 9.45. The standard InChI is InChI=1S/C16H25BrN2O/c1-12(18)15(13-6-4-7-14(17)10-13)19-9-5-8-16(2,11-19)20-3/h4,6-7,10,12,15H,5,8-9,11,18H2,1-3H3. The molecule has 3 nitrogen and oxygen atoms in total. The molecule has 1 saturated heterocycles. The quantitative estimate of drug-likeness (QED) is 0.913. The van der Waals surface area contributed by atoms with Gasteiger partial charge >= 0.3 is 0 Å². The molecule has 2 N–H and O–H groups in total. The van der Waals surface area contributed by atoms with Crippen molar-refractivity contribution >= 4 is 15.9 Å². The van der Waals surface area contributed by atoms with Crippen LogP contribution in [0.25, 0.3) is 0 Å². The topological polar surface area (TPSA) is 38.5 Å². The van der Waals surface area contributed by atoms with Crippen molar-refractivity contribution < 1.29 is 4.74 Å². The molecule has 1 aliphatic heterocycles. The lowest BCUT2D eigenvalue weighted by atomic mass is 9.90. The van der Waals surface area contributed by atoms with Gasteiger partial charge in [-0.3, -0.25) is 4.90 Å². The molecule has 1 heterocycles. The zero-order valence-corrected chi connectivity index (χ0v) is 14.2. The van der Waals surface area contributed by atoms with E-state index in [1.54, 1.807) is 0 Å². The molecule has 0 bridgehead atoms. The summed E-state index contributed by atoms with van der Waals surface area (Å²) in [7, 11) is 1.81. The predicted molar refractivity (Wildman–Crippen MR) is 86.8 cm³/mol. The Balaban J connectivity index is 2.25. The minimum Gasteiger partial charge on any atom is -0.377 e. The largest absolute Gasteiger partial charge is 0.377 e. The highest BCUT2D eigenvalue weighted by molar-refractivity contribution is 9.10. The Bertz CT molecular complexity index is 452. The maximum Gasteiger partial charge on any atom is 0.0777 e. The first-order valence-corrected chi connectivity index (χ1v) is 8.05. The summed E-state index contributed by atoms with van der Waals surface area (Å²) in [6.07, 6.45) is 2.27. The number of hydrogen-bond donors (Lipinski definition) is 1. The Hall–Kier alpha value is -0.420. The molecular weight excluding hydrogens is 316 g/mol. The minimum absolute atomic E-state index is 0.0581. The summed E-state index contributed by atoms with van der Waals surface area (Å²) in [4.78, 5) is 2.47. The third-order valence-electron chi connectivity index (χ3n) is 4.26. The molecule has 2 rings (SSSR count). The number of benzene rings is 1. The molecule has 1 aliphatic rings. The highest BCUT2D eigenvalue weighted by Gasteiger charge is 2.35. The van der Waals surface area contributed by atoms with Gasteiger partial charge in [-0.05, 0) is 50.9 Å². The Morgan fingerprint density at radius 3 is 2.80 bits per heavy atom. The van der Waals surface area contributed by atoms with Gasteiger partial charge in [0, 0.05) is 30.2 Å². The summed E-state index contributed by atoms with van der Waals surface area (Å²) in [6.45, 7) is 6.29. The summed E-state index contributed by atoms with van der Waals surface area (Å²) >= 11 is 3.56. The van der Waals surface area contributed by atoms with Crippen LogP contribution in [0.1, 0.15) is 38.3 Å². The first-order valence-electron chi connectivity index (χ1n) is 7.25. The zero-order chi connectivity index (χ0) is 14.8. The van der Waals surface area contributed by atoms with Crippen molar-refractivity contribution in [3.63, 3.8) is 0 Å². The number of likely N-dealkylation sites (tertiary alicyclic amines) is 1. The highest BCUT2D eigenvalue weighted by Crippen LogP contribution is 2.32. The lowest BCUT2D eigenvalue weighted by Gasteiger charge is -2.44. The normalized spacial score (nSPS) is 27.2. The average molecular weight is 341 g/mol. The van der Waals surface area contributed by atoms with Crippen molar-refractivity contribution in [2.45, 2.75) is 44.4 Å². The molecule has 0 radical (unpaired) electrons. The summed E-state index contributed by atoms with van der Waals surface area (Å²) in [5.41, 5.74) is 7.50. The van der Waals surface area contributed by atoms with Gasteiger partial charge in [0.05, 0.1) is 5.60 Å². The van der Waals surface area contributed by atoms with E-state index in [4.69, 9.17) is 10.5 Å². The highest BCUT2D eigenvalue weighted by atomic mass is 79.9. The van der Waals surface area contributed by atoms with Gasteiger partial charge in [-0.2, -0.15) is 0 Å². The Morgan fingerprint density at radius 1 is 1.45 bits per heavy atom. The van der Waals surface area contributed by atoms with Gasteiger partial charge in [-0.15, -0.1) is 0 Å². The monoisotopic (exact) mass is 340 g/mol. The van der Waals surface area contributed by atoms with Crippen molar-refractivity contribution in [1.29, 1.82) is 0 Å².